The number of para-hydroxylation sites is 1. The topological polar surface area (TPSA) is 85.8 Å². The molecule has 3 aromatic rings. The van der Waals surface area contributed by atoms with E-state index in [-0.39, 0.29) is 0 Å². The molecule has 7 heteroatoms. The van der Waals surface area contributed by atoms with Crippen LogP contribution in [-0.4, -0.2) is 35.9 Å². The predicted molar refractivity (Wildman–Crippen MR) is 88.1 cm³/mol. The van der Waals surface area contributed by atoms with E-state index in [0.717, 1.165) is 17.1 Å². The van der Waals surface area contributed by atoms with Gasteiger partial charge in [-0.15, -0.1) is 5.10 Å². The van der Waals surface area contributed by atoms with Gasteiger partial charge >= 0.3 is 5.97 Å². The number of hydrogen-bond donors (Lipinski definition) is 1. The van der Waals surface area contributed by atoms with E-state index >= 15 is 0 Å². The first-order valence-electron chi connectivity index (χ1n) is 7.63. The number of benzene rings is 1. The van der Waals surface area contributed by atoms with Crippen LogP contribution in [0.5, 0.6) is 0 Å². The Morgan fingerprint density at radius 3 is 2.62 bits per heavy atom. The summed E-state index contributed by atoms with van der Waals surface area (Å²) in [6, 6.07) is 11.9. The van der Waals surface area contributed by atoms with Crippen LogP contribution < -0.4 is 0 Å². The molecule has 0 spiro atoms. The lowest BCUT2D eigenvalue weighted by molar-refractivity contribution is -0.142. The Morgan fingerprint density at radius 2 is 1.96 bits per heavy atom. The summed E-state index contributed by atoms with van der Waals surface area (Å²) in [4.78, 5) is 11.3. The minimum atomic E-state index is -1.07. The molecule has 0 bridgehead atoms. The molecule has 2 aromatic heterocycles. The third-order valence-electron chi connectivity index (χ3n) is 3.98. The zero-order valence-corrected chi connectivity index (χ0v) is 13.8. The summed E-state index contributed by atoms with van der Waals surface area (Å²) in [6.07, 6.45) is 1.66. The Balaban J connectivity index is 1.83. The fourth-order valence-corrected chi connectivity index (χ4v) is 2.38. The monoisotopic (exact) mass is 325 g/mol. The van der Waals surface area contributed by atoms with Crippen LogP contribution in [0.1, 0.15) is 30.9 Å². The standard InChI is InChI=1S/C17H19N5O2/c1-12-9-13(19-22(12)14-7-5-4-6-8-14)10-21-11-15(18-20-21)17(2,3)16(23)24/h4-9,11H,10H2,1-3H3,(H,23,24). The van der Waals surface area contributed by atoms with E-state index in [9.17, 15) is 9.90 Å². The highest BCUT2D eigenvalue weighted by atomic mass is 16.4. The molecular formula is C17H19N5O2. The normalized spacial score (nSPS) is 11.6. The van der Waals surface area contributed by atoms with Crippen molar-refractivity contribution >= 4 is 5.97 Å². The lowest BCUT2D eigenvalue weighted by atomic mass is 9.90. The molecule has 0 radical (unpaired) electrons. The van der Waals surface area contributed by atoms with Gasteiger partial charge in [0.15, 0.2) is 0 Å². The van der Waals surface area contributed by atoms with E-state index in [1.165, 1.54) is 0 Å². The van der Waals surface area contributed by atoms with Crippen LogP contribution in [0.25, 0.3) is 5.69 Å². The number of rotatable bonds is 5. The Hall–Kier alpha value is -2.96. The number of nitrogens with zero attached hydrogens (tertiary/aromatic N) is 5. The smallest absolute Gasteiger partial charge is 0.315 e. The van der Waals surface area contributed by atoms with Crippen LogP contribution in [0.15, 0.2) is 42.6 Å². The van der Waals surface area contributed by atoms with Crippen molar-refractivity contribution in [2.45, 2.75) is 32.7 Å². The first-order chi connectivity index (χ1) is 11.4. The van der Waals surface area contributed by atoms with Crippen molar-refractivity contribution in [2.24, 2.45) is 0 Å². The molecular weight excluding hydrogens is 306 g/mol. The van der Waals surface area contributed by atoms with Crippen LogP contribution >= 0.6 is 0 Å². The minimum absolute atomic E-state index is 0.425. The minimum Gasteiger partial charge on any atom is -0.481 e. The molecule has 7 nitrogen and oxygen atoms in total. The third kappa shape index (κ3) is 2.92. The summed E-state index contributed by atoms with van der Waals surface area (Å²) in [5.41, 5.74) is 2.20. The van der Waals surface area contributed by atoms with E-state index in [4.69, 9.17) is 0 Å². The lowest BCUT2D eigenvalue weighted by Crippen LogP contribution is -2.28. The van der Waals surface area contributed by atoms with E-state index in [0.29, 0.717) is 12.2 Å². The van der Waals surface area contributed by atoms with Crippen molar-refractivity contribution < 1.29 is 9.90 Å². The van der Waals surface area contributed by atoms with Crippen molar-refractivity contribution in [1.82, 2.24) is 24.8 Å². The van der Waals surface area contributed by atoms with Crippen LogP contribution in [0.4, 0.5) is 0 Å². The molecule has 0 unspecified atom stereocenters. The van der Waals surface area contributed by atoms with Crippen molar-refractivity contribution in [2.75, 3.05) is 0 Å². The largest absolute Gasteiger partial charge is 0.481 e. The van der Waals surface area contributed by atoms with E-state index in [2.05, 4.69) is 15.4 Å². The molecule has 124 valence electrons. The number of aliphatic carboxylic acids is 1. The molecule has 1 aromatic carbocycles. The Kier molecular flexibility index (Phi) is 3.92. The molecule has 24 heavy (non-hydrogen) atoms. The number of aryl methyl sites for hydroxylation is 1. The van der Waals surface area contributed by atoms with E-state index in [1.54, 1.807) is 24.7 Å². The summed E-state index contributed by atoms with van der Waals surface area (Å²) in [6.45, 7) is 5.64. The lowest BCUT2D eigenvalue weighted by Gasteiger charge is -2.14. The number of carbonyl (C=O) groups is 1. The second-order valence-corrected chi connectivity index (χ2v) is 6.26. The molecule has 0 aliphatic rings. The van der Waals surface area contributed by atoms with Gasteiger partial charge in [0.1, 0.15) is 5.41 Å². The maximum absolute atomic E-state index is 11.3. The fourth-order valence-electron chi connectivity index (χ4n) is 2.38. The molecule has 0 fully saturated rings. The fraction of sp³-hybridized carbons (Fsp3) is 0.294. The number of carboxylic acid groups (broad SMARTS) is 1. The highest BCUT2D eigenvalue weighted by molar-refractivity contribution is 5.79. The SMILES string of the molecule is Cc1cc(Cn2cc(C(C)(C)C(=O)O)nn2)nn1-c1ccccc1. The number of carboxylic acids is 1. The zero-order valence-electron chi connectivity index (χ0n) is 13.8. The zero-order chi connectivity index (χ0) is 17.3. The van der Waals surface area contributed by atoms with Gasteiger partial charge in [-0.05, 0) is 39.0 Å². The summed E-state index contributed by atoms with van der Waals surface area (Å²) >= 11 is 0. The second-order valence-electron chi connectivity index (χ2n) is 6.26. The quantitative estimate of drug-likeness (QED) is 0.777. The average molecular weight is 325 g/mol. The van der Waals surface area contributed by atoms with Gasteiger partial charge in [0.25, 0.3) is 0 Å². The summed E-state index contributed by atoms with van der Waals surface area (Å²) in [5.74, 6) is -0.932. The van der Waals surface area contributed by atoms with Gasteiger partial charge in [-0.2, -0.15) is 5.10 Å². The van der Waals surface area contributed by atoms with Crippen LogP contribution in [-0.2, 0) is 16.8 Å². The van der Waals surface area contributed by atoms with Crippen LogP contribution in [0.3, 0.4) is 0 Å². The van der Waals surface area contributed by atoms with Crippen molar-refractivity contribution in [1.29, 1.82) is 0 Å². The van der Waals surface area contributed by atoms with Crippen LogP contribution in [0.2, 0.25) is 0 Å². The molecule has 0 atom stereocenters. The molecule has 0 aliphatic carbocycles. The van der Waals surface area contributed by atoms with Gasteiger partial charge in [-0.1, -0.05) is 23.4 Å². The molecule has 0 aliphatic heterocycles. The van der Waals surface area contributed by atoms with E-state index < -0.39 is 11.4 Å². The first kappa shape index (κ1) is 15.9. The van der Waals surface area contributed by atoms with Gasteiger partial charge in [-0.25, -0.2) is 9.36 Å². The molecule has 2 heterocycles. The van der Waals surface area contributed by atoms with Gasteiger partial charge in [0.05, 0.1) is 29.8 Å². The number of aromatic nitrogens is 5. The van der Waals surface area contributed by atoms with Gasteiger partial charge < -0.3 is 5.11 Å². The second kappa shape index (κ2) is 5.92. The van der Waals surface area contributed by atoms with Gasteiger partial charge in [-0.3, -0.25) is 4.79 Å². The molecule has 3 rings (SSSR count). The maximum Gasteiger partial charge on any atom is 0.315 e. The summed E-state index contributed by atoms with van der Waals surface area (Å²) in [5, 5.41) is 21.9. The third-order valence-corrected chi connectivity index (χ3v) is 3.98. The summed E-state index contributed by atoms with van der Waals surface area (Å²) < 4.78 is 3.48. The van der Waals surface area contributed by atoms with Crippen molar-refractivity contribution in [3.63, 3.8) is 0 Å². The maximum atomic E-state index is 11.3. The van der Waals surface area contributed by atoms with E-state index in [1.807, 2.05) is 48.0 Å². The van der Waals surface area contributed by atoms with Gasteiger partial charge in [0.2, 0.25) is 0 Å². The van der Waals surface area contributed by atoms with Crippen molar-refractivity contribution in [3.8, 4) is 5.69 Å². The van der Waals surface area contributed by atoms with Crippen LogP contribution in [0, 0.1) is 6.92 Å². The van der Waals surface area contributed by atoms with Gasteiger partial charge in [0, 0.05) is 5.69 Å². The summed E-state index contributed by atoms with van der Waals surface area (Å²) in [7, 11) is 0. The van der Waals surface area contributed by atoms with Crippen molar-refractivity contribution in [3.05, 3.63) is 59.7 Å². The Bertz CT molecular complexity index is 864. The predicted octanol–water partition coefficient (Wildman–Crippen LogP) is 2.18. The highest BCUT2D eigenvalue weighted by Crippen LogP contribution is 2.21. The first-order valence-corrected chi connectivity index (χ1v) is 7.63. The number of hydrogen-bond acceptors (Lipinski definition) is 4. The molecule has 0 amide bonds. The molecule has 0 saturated carbocycles. The molecule has 1 N–H and O–H groups in total. The Labute approximate surface area is 139 Å². The highest BCUT2D eigenvalue weighted by Gasteiger charge is 2.32. The average Bonchev–Trinajstić information content (AvgIpc) is 3.15. The Morgan fingerprint density at radius 1 is 1.25 bits per heavy atom. The molecule has 0 saturated heterocycles.